The molecule has 0 bridgehead atoms. The van der Waals surface area contributed by atoms with Crippen molar-refractivity contribution in [1.29, 1.82) is 0 Å². The summed E-state index contributed by atoms with van der Waals surface area (Å²) >= 11 is 0. The minimum atomic E-state index is -0.393. The van der Waals surface area contributed by atoms with Gasteiger partial charge in [0.05, 0.1) is 11.5 Å². The van der Waals surface area contributed by atoms with Crippen LogP contribution in [0.4, 0.5) is 0 Å². The average Bonchev–Trinajstić information content (AvgIpc) is 2.45. The van der Waals surface area contributed by atoms with Crippen molar-refractivity contribution in [3.8, 4) is 0 Å². The van der Waals surface area contributed by atoms with Crippen molar-refractivity contribution in [2.45, 2.75) is 78.9 Å². The summed E-state index contributed by atoms with van der Waals surface area (Å²) in [5, 5.41) is 3.26. The molecule has 0 aliphatic heterocycles. The maximum Gasteiger partial charge on any atom is 0.227 e. The maximum atomic E-state index is 12.8. The van der Waals surface area contributed by atoms with Gasteiger partial charge < -0.3 is 15.8 Å². The van der Waals surface area contributed by atoms with E-state index < -0.39 is 5.41 Å². The zero-order chi connectivity index (χ0) is 16.1. The van der Waals surface area contributed by atoms with Crippen molar-refractivity contribution in [2.24, 2.45) is 16.6 Å². The molecule has 21 heavy (non-hydrogen) atoms. The molecule has 2 unspecified atom stereocenters. The van der Waals surface area contributed by atoms with Crippen LogP contribution in [0, 0.1) is 10.8 Å². The lowest BCUT2D eigenvalue weighted by molar-refractivity contribution is -0.145. The molecule has 4 heteroatoms. The quantitative estimate of drug-likeness (QED) is 0.688. The van der Waals surface area contributed by atoms with E-state index in [1.54, 1.807) is 0 Å². The van der Waals surface area contributed by atoms with Crippen LogP contribution in [0.5, 0.6) is 0 Å². The van der Waals surface area contributed by atoms with Gasteiger partial charge in [0.1, 0.15) is 0 Å². The molecule has 1 rings (SSSR count). The zero-order valence-corrected chi connectivity index (χ0v) is 14.5. The van der Waals surface area contributed by atoms with Gasteiger partial charge in [0.2, 0.25) is 5.91 Å². The lowest BCUT2D eigenvalue weighted by Crippen LogP contribution is -2.64. The first-order chi connectivity index (χ1) is 9.87. The minimum Gasteiger partial charge on any atom is -0.378 e. The highest BCUT2D eigenvalue weighted by atomic mass is 16.5. The van der Waals surface area contributed by atoms with E-state index in [1.807, 2.05) is 6.92 Å². The Labute approximate surface area is 130 Å². The Morgan fingerprint density at radius 2 is 1.86 bits per heavy atom. The van der Waals surface area contributed by atoms with Gasteiger partial charge in [-0.25, -0.2) is 0 Å². The molecule has 3 N–H and O–H groups in total. The largest absolute Gasteiger partial charge is 0.378 e. The molecule has 0 aromatic rings. The first-order valence-corrected chi connectivity index (χ1v) is 8.50. The van der Waals surface area contributed by atoms with Crippen LogP contribution in [0.1, 0.15) is 66.7 Å². The van der Waals surface area contributed by atoms with Crippen LogP contribution in [0.3, 0.4) is 0 Å². The van der Waals surface area contributed by atoms with Crippen LogP contribution >= 0.6 is 0 Å². The molecule has 124 valence electrons. The summed E-state index contributed by atoms with van der Waals surface area (Å²) in [6, 6.07) is 0.196. The first kappa shape index (κ1) is 18.4. The summed E-state index contributed by atoms with van der Waals surface area (Å²) in [6.45, 7) is 11.8. The van der Waals surface area contributed by atoms with E-state index >= 15 is 0 Å². The van der Waals surface area contributed by atoms with Gasteiger partial charge in [0.15, 0.2) is 0 Å². The van der Waals surface area contributed by atoms with E-state index in [1.165, 1.54) is 0 Å². The van der Waals surface area contributed by atoms with Gasteiger partial charge >= 0.3 is 0 Å². The van der Waals surface area contributed by atoms with Gasteiger partial charge in [0, 0.05) is 24.6 Å². The average molecular weight is 298 g/mol. The molecule has 1 fully saturated rings. The minimum absolute atomic E-state index is 0.00440. The number of nitrogens with two attached hydrogens (primary N) is 1. The summed E-state index contributed by atoms with van der Waals surface area (Å²) in [6.07, 6.45) is 4.86. The van der Waals surface area contributed by atoms with Gasteiger partial charge in [-0.05, 0) is 26.2 Å². The molecule has 0 aromatic heterocycles. The molecular formula is C17H34N2O2. The number of carbonyl (C=O) groups is 1. The van der Waals surface area contributed by atoms with Crippen molar-refractivity contribution in [3.05, 3.63) is 0 Å². The van der Waals surface area contributed by atoms with Gasteiger partial charge in [-0.1, -0.05) is 40.5 Å². The summed E-state index contributed by atoms with van der Waals surface area (Å²) in [5.41, 5.74) is 5.58. The van der Waals surface area contributed by atoms with Crippen LogP contribution in [0.25, 0.3) is 0 Å². The fourth-order valence-corrected chi connectivity index (χ4v) is 3.53. The second-order valence-electron chi connectivity index (χ2n) is 7.01. The Bertz CT molecular complexity index is 336. The predicted octanol–water partition coefficient (Wildman–Crippen LogP) is 2.85. The molecule has 4 nitrogen and oxygen atoms in total. The summed E-state index contributed by atoms with van der Waals surface area (Å²) in [5.74, 6) is 0.140. The highest BCUT2D eigenvalue weighted by Gasteiger charge is 2.51. The standard InChI is InChI=1S/C17H34N2O2/c1-6-9-17(12-18,10-7-2)15(20)19-13-11-14(21-8-3)16(13,4)5/h13-14H,6-12,18H2,1-5H3,(H,19,20). The lowest BCUT2D eigenvalue weighted by atomic mass is 9.64. The molecule has 0 saturated heterocycles. The SMILES string of the molecule is CCCC(CN)(CCC)C(=O)NC1CC(OCC)C1(C)C. The summed E-state index contributed by atoms with van der Waals surface area (Å²) < 4.78 is 5.74. The maximum absolute atomic E-state index is 12.8. The number of carbonyl (C=O) groups excluding carboxylic acids is 1. The highest BCUT2D eigenvalue weighted by molar-refractivity contribution is 5.83. The lowest BCUT2D eigenvalue weighted by Gasteiger charge is -2.52. The van der Waals surface area contributed by atoms with Crippen LogP contribution in [0.2, 0.25) is 0 Å². The topological polar surface area (TPSA) is 64.4 Å². The van der Waals surface area contributed by atoms with Gasteiger partial charge in [0.25, 0.3) is 0 Å². The molecule has 0 heterocycles. The van der Waals surface area contributed by atoms with Gasteiger partial charge in [-0.3, -0.25) is 4.79 Å². The molecule has 1 aliphatic carbocycles. The van der Waals surface area contributed by atoms with E-state index in [0.717, 1.165) is 38.7 Å². The van der Waals surface area contributed by atoms with Crippen molar-refractivity contribution in [2.75, 3.05) is 13.2 Å². The van der Waals surface area contributed by atoms with E-state index in [0.29, 0.717) is 6.54 Å². The fraction of sp³-hybridized carbons (Fsp3) is 0.941. The fourth-order valence-electron chi connectivity index (χ4n) is 3.53. The van der Waals surface area contributed by atoms with Gasteiger partial charge in [-0.15, -0.1) is 0 Å². The van der Waals surface area contributed by atoms with E-state index in [-0.39, 0.29) is 23.5 Å². The van der Waals surface area contributed by atoms with Crippen LogP contribution < -0.4 is 11.1 Å². The number of ether oxygens (including phenoxy) is 1. The number of hydrogen-bond donors (Lipinski definition) is 2. The van der Waals surface area contributed by atoms with E-state index in [2.05, 4.69) is 33.0 Å². The zero-order valence-electron chi connectivity index (χ0n) is 14.5. The highest BCUT2D eigenvalue weighted by Crippen LogP contribution is 2.43. The van der Waals surface area contributed by atoms with Crippen LogP contribution in [0.15, 0.2) is 0 Å². The van der Waals surface area contributed by atoms with Crippen LogP contribution in [-0.2, 0) is 9.53 Å². The molecule has 1 amide bonds. The molecule has 1 aliphatic rings. The normalized spacial score (nSPS) is 24.5. The molecule has 1 saturated carbocycles. The monoisotopic (exact) mass is 298 g/mol. The van der Waals surface area contributed by atoms with Crippen molar-refractivity contribution >= 4 is 5.91 Å². The summed E-state index contributed by atoms with van der Waals surface area (Å²) in [7, 11) is 0. The Balaban J connectivity index is 2.70. The third-order valence-corrected chi connectivity index (χ3v) is 5.18. The number of rotatable bonds is 9. The molecular weight excluding hydrogens is 264 g/mol. The van der Waals surface area contributed by atoms with Crippen molar-refractivity contribution < 1.29 is 9.53 Å². The Morgan fingerprint density at radius 3 is 2.24 bits per heavy atom. The Kier molecular flexibility index (Phi) is 6.67. The third-order valence-electron chi connectivity index (χ3n) is 5.18. The molecule has 0 spiro atoms. The number of amides is 1. The summed E-state index contributed by atoms with van der Waals surface area (Å²) in [4.78, 5) is 12.8. The van der Waals surface area contributed by atoms with E-state index in [9.17, 15) is 4.79 Å². The Hall–Kier alpha value is -0.610. The molecule has 2 atom stereocenters. The number of nitrogens with one attached hydrogen (secondary N) is 1. The smallest absolute Gasteiger partial charge is 0.227 e. The third kappa shape index (κ3) is 3.78. The second kappa shape index (κ2) is 7.59. The second-order valence-corrected chi connectivity index (χ2v) is 7.01. The van der Waals surface area contributed by atoms with Crippen LogP contribution in [-0.4, -0.2) is 31.2 Å². The molecule has 0 aromatic carbocycles. The van der Waals surface area contributed by atoms with E-state index in [4.69, 9.17) is 10.5 Å². The number of hydrogen-bond acceptors (Lipinski definition) is 3. The van der Waals surface area contributed by atoms with Crippen molar-refractivity contribution in [3.63, 3.8) is 0 Å². The van der Waals surface area contributed by atoms with Crippen molar-refractivity contribution in [1.82, 2.24) is 5.32 Å². The molecule has 0 radical (unpaired) electrons. The first-order valence-electron chi connectivity index (χ1n) is 8.50. The van der Waals surface area contributed by atoms with Gasteiger partial charge in [-0.2, -0.15) is 0 Å². The predicted molar refractivity (Wildman–Crippen MR) is 87.0 cm³/mol. The Morgan fingerprint density at radius 1 is 1.29 bits per heavy atom.